The van der Waals surface area contributed by atoms with Gasteiger partial charge in [-0.25, -0.2) is 0 Å². The summed E-state index contributed by atoms with van der Waals surface area (Å²) in [7, 11) is 0. The Morgan fingerprint density at radius 3 is 2.75 bits per heavy atom. The molecule has 0 aliphatic heterocycles. The molecule has 1 aromatic carbocycles. The molecule has 0 aliphatic carbocycles. The molecule has 0 saturated heterocycles. The Balaban J connectivity index is 2.50. The molecule has 16 heavy (non-hydrogen) atoms. The van der Waals surface area contributed by atoms with E-state index < -0.39 is 0 Å². The van der Waals surface area contributed by atoms with Crippen LogP contribution in [0.25, 0.3) is 0 Å². The Morgan fingerprint density at radius 1 is 1.25 bits per heavy atom. The predicted molar refractivity (Wildman–Crippen MR) is 61.1 cm³/mol. The van der Waals surface area contributed by atoms with Crippen molar-refractivity contribution in [3.8, 4) is 17.9 Å². The average molecular weight is 235 g/mol. The molecule has 0 saturated carbocycles. The van der Waals surface area contributed by atoms with Crippen molar-refractivity contribution in [1.82, 2.24) is 0 Å². The van der Waals surface area contributed by atoms with Gasteiger partial charge in [0.2, 0.25) is 0 Å². The third-order valence-corrected chi connectivity index (χ3v) is 2.24. The van der Waals surface area contributed by atoms with Crippen LogP contribution in [0.3, 0.4) is 0 Å². The average Bonchev–Trinajstić information content (AvgIpc) is 2.29. The third kappa shape index (κ3) is 3.81. The molecule has 1 rings (SSSR count). The summed E-state index contributed by atoms with van der Waals surface area (Å²) < 4.78 is 5.44. The van der Waals surface area contributed by atoms with Crippen LogP contribution in [0.4, 0.5) is 0 Å². The number of nitrogens with zero attached hydrogens (tertiary/aromatic N) is 2. The molecule has 0 aliphatic rings. The Kier molecular flexibility index (Phi) is 5.19. The van der Waals surface area contributed by atoms with Gasteiger partial charge in [0.1, 0.15) is 11.8 Å². The quantitative estimate of drug-likeness (QED) is 0.735. The molecule has 0 unspecified atom stereocenters. The zero-order valence-corrected chi connectivity index (χ0v) is 9.50. The number of benzene rings is 1. The van der Waals surface area contributed by atoms with E-state index in [1.807, 2.05) is 6.07 Å². The fourth-order valence-electron chi connectivity index (χ4n) is 1.20. The van der Waals surface area contributed by atoms with Crippen molar-refractivity contribution in [2.45, 2.75) is 19.3 Å². The maximum absolute atomic E-state index is 8.83. The molecule has 0 N–H and O–H groups in total. The van der Waals surface area contributed by atoms with E-state index in [0.29, 0.717) is 29.4 Å². The highest BCUT2D eigenvalue weighted by Gasteiger charge is 2.03. The number of hydrogen-bond donors (Lipinski definition) is 0. The molecular formula is C12H11ClN2O. The third-order valence-electron chi connectivity index (χ3n) is 2.00. The lowest BCUT2D eigenvalue weighted by molar-refractivity contribution is 0.307. The second kappa shape index (κ2) is 6.71. The summed E-state index contributed by atoms with van der Waals surface area (Å²) in [5, 5.41) is 17.7. The van der Waals surface area contributed by atoms with Gasteiger partial charge in [0.05, 0.1) is 18.2 Å². The first-order valence-corrected chi connectivity index (χ1v) is 5.35. The minimum absolute atomic E-state index is 0.477. The molecule has 0 heterocycles. The molecule has 82 valence electrons. The first kappa shape index (κ1) is 12.4. The lowest BCUT2D eigenvalue weighted by Crippen LogP contribution is -1.98. The lowest BCUT2D eigenvalue weighted by atomic mass is 10.2. The van der Waals surface area contributed by atoms with Crippen LogP contribution in [0.1, 0.15) is 24.8 Å². The van der Waals surface area contributed by atoms with Crippen molar-refractivity contribution in [2.75, 3.05) is 6.61 Å². The van der Waals surface area contributed by atoms with E-state index >= 15 is 0 Å². The van der Waals surface area contributed by atoms with Gasteiger partial charge < -0.3 is 4.74 Å². The van der Waals surface area contributed by atoms with Crippen molar-refractivity contribution in [2.24, 2.45) is 0 Å². The van der Waals surface area contributed by atoms with Crippen molar-refractivity contribution >= 4 is 11.6 Å². The van der Waals surface area contributed by atoms with Crippen LogP contribution in [-0.4, -0.2) is 6.61 Å². The highest BCUT2D eigenvalue weighted by atomic mass is 35.5. The molecule has 0 radical (unpaired) electrons. The largest absolute Gasteiger partial charge is 0.492 e. The Bertz CT molecular complexity index is 432. The van der Waals surface area contributed by atoms with Crippen molar-refractivity contribution < 1.29 is 4.74 Å². The maximum Gasteiger partial charge on any atom is 0.138 e. The standard InChI is InChI=1S/C12H11ClN2O/c13-11-5-4-10(9-15)12(8-11)16-7-3-1-2-6-14/h4-5,8H,1-3,7H2. The molecule has 0 spiro atoms. The molecule has 0 atom stereocenters. The predicted octanol–water partition coefficient (Wildman–Crippen LogP) is 3.28. The number of rotatable bonds is 5. The van der Waals surface area contributed by atoms with Gasteiger partial charge in [-0.3, -0.25) is 0 Å². The van der Waals surface area contributed by atoms with E-state index in [9.17, 15) is 0 Å². The number of halogens is 1. The van der Waals surface area contributed by atoms with E-state index in [1.165, 1.54) is 0 Å². The number of hydrogen-bond acceptors (Lipinski definition) is 3. The summed E-state index contributed by atoms with van der Waals surface area (Å²) in [6, 6.07) is 9.02. The van der Waals surface area contributed by atoms with Crippen LogP contribution in [0, 0.1) is 22.7 Å². The van der Waals surface area contributed by atoms with E-state index in [-0.39, 0.29) is 0 Å². The highest BCUT2D eigenvalue weighted by Crippen LogP contribution is 2.22. The molecule has 1 aromatic rings. The van der Waals surface area contributed by atoms with E-state index in [0.717, 1.165) is 12.8 Å². The second-order valence-corrected chi connectivity index (χ2v) is 3.65. The van der Waals surface area contributed by atoms with Gasteiger partial charge in [0.25, 0.3) is 0 Å². The topological polar surface area (TPSA) is 56.8 Å². The van der Waals surface area contributed by atoms with Crippen LogP contribution in [-0.2, 0) is 0 Å². The van der Waals surface area contributed by atoms with Gasteiger partial charge in [-0.1, -0.05) is 11.6 Å². The SMILES string of the molecule is N#CCCCCOc1cc(Cl)ccc1C#N. The van der Waals surface area contributed by atoms with Gasteiger partial charge in [0, 0.05) is 17.5 Å². The normalized spacial score (nSPS) is 9.19. The lowest BCUT2D eigenvalue weighted by Gasteiger charge is -2.07. The molecule has 4 heteroatoms. The Hall–Kier alpha value is -1.71. The number of ether oxygens (including phenoxy) is 1. The van der Waals surface area contributed by atoms with Gasteiger partial charge >= 0.3 is 0 Å². The Labute approximate surface area is 99.8 Å². The summed E-state index contributed by atoms with van der Waals surface area (Å²) in [5.41, 5.74) is 0.477. The summed E-state index contributed by atoms with van der Waals surface area (Å²) in [5.74, 6) is 0.506. The van der Waals surface area contributed by atoms with Crippen molar-refractivity contribution in [1.29, 1.82) is 10.5 Å². The van der Waals surface area contributed by atoms with Crippen LogP contribution in [0.5, 0.6) is 5.75 Å². The summed E-state index contributed by atoms with van der Waals surface area (Å²) in [4.78, 5) is 0. The van der Waals surface area contributed by atoms with E-state index in [2.05, 4.69) is 6.07 Å². The fraction of sp³-hybridized carbons (Fsp3) is 0.333. The number of nitriles is 2. The van der Waals surface area contributed by atoms with Gasteiger partial charge in [-0.15, -0.1) is 0 Å². The summed E-state index contributed by atoms with van der Waals surface area (Å²) in [6.07, 6.45) is 2.13. The van der Waals surface area contributed by atoms with Crippen molar-refractivity contribution in [3.05, 3.63) is 28.8 Å². The Morgan fingerprint density at radius 2 is 2.06 bits per heavy atom. The molecular weight excluding hydrogens is 224 g/mol. The smallest absolute Gasteiger partial charge is 0.138 e. The van der Waals surface area contributed by atoms with E-state index in [4.69, 9.17) is 26.9 Å². The zero-order chi connectivity index (χ0) is 11.8. The molecule has 0 fully saturated rings. The first-order valence-electron chi connectivity index (χ1n) is 4.97. The van der Waals surface area contributed by atoms with Crippen LogP contribution in [0.15, 0.2) is 18.2 Å². The minimum Gasteiger partial charge on any atom is -0.492 e. The number of unbranched alkanes of at least 4 members (excludes halogenated alkanes) is 2. The molecule has 3 nitrogen and oxygen atoms in total. The highest BCUT2D eigenvalue weighted by molar-refractivity contribution is 6.30. The minimum atomic E-state index is 0.477. The van der Waals surface area contributed by atoms with Gasteiger partial charge in [-0.2, -0.15) is 10.5 Å². The van der Waals surface area contributed by atoms with Gasteiger partial charge in [-0.05, 0) is 25.0 Å². The monoisotopic (exact) mass is 234 g/mol. The zero-order valence-electron chi connectivity index (χ0n) is 8.74. The van der Waals surface area contributed by atoms with Crippen molar-refractivity contribution in [3.63, 3.8) is 0 Å². The summed E-state index contributed by atoms with van der Waals surface area (Å²) in [6.45, 7) is 0.497. The van der Waals surface area contributed by atoms with Crippen LogP contribution < -0.4 is 4.74 Å². The second-order valence-electron chi connectivity index (χ2n) is 3.22. The molecule has 0 aromatic heterocycles. The molecule has 0 amide bonds. The van der Waals surface area contributed by atoms with Gasteiger partial charge in [0.15, 0.2) is 0 Å². The summed E-state index contributed by atoms with van der Waals surface area (Å²) >= 11 is 5.80. The van der Waals surface area contributed by atoms with E-state index in [1.54, 1.807) is 18.2 Å². The fourth-order valence-corrected chi connectivity index (χ4v) is 1.36. The molecule has 0 bridgehead atoms. The maximum atomic E-state index is 8.83. The van der Waals surface area contributed by atoms with Crippen LogP contribution >= 0.6 is 11.6 Å². The first-order chi connectivity index (χ1) is 7.77. The van der Waals surface area contributed by atoms with Crippen LogP contribution in [0.2, 0.25) is 5.02 Å².